The van der Waals surface area contributed by atoms with Gasteiger partial charge in [-0.05, 0) is 48.9 Å². The molecular weight excluding hydrogens is 364 g/mol. The number of methoxy groups -OCH3 is 1. The SMILES string of the molecule is COc1ccccc1C=C(NC(=O)c1ccccc1)C(=O)Nc1cccc(C)c1. The molecule has 0 atom stereocenters. The highest BCUT2D eigenvalue weighted by atomic mass is 16.5. The summed E-state index contributed by atoms with van der Waals surface area (Å²) in [7, 11) is 1.56. The van der Waals surface area contributed by atoms with Gasteiger partial charge in [0.25, 0.3) is 11.8 Å². The molecule has 0 aliphatic rings. The molecule has 0 saturated heterocycles. The highest BCUT2D eigenvalue weighted by Crippen LogP contribution is 2.21. The van der Waals surface area contributed by atoms with Crippen LogP contribution in [-0.4, -0.2) is 18.9 Å². The van der Waals surface area contributed by atoms with Crippen molar-refractivity contribution in [2.24, 2.45) is 0 Å². The molecule has 0 fully saturated rings. The maximum atomic E-state index is 13.0. The highest BCUT2D eigenvalue weighted by molar-refractivity contribution is 6.10. The zero-order valence-corrected chi connectivity index (χ0v) is 16.3. The first-order chi connectivity index (χ1) is 14.1. The number of hydrogen-bond acceptors (Lipinski definition) is 3. The van der Waals surface area contributed by atoms with E-state index < -0.39 is 5.91 Å². The third kappa shape index (κ3) is 5.32. The lowest BCUT2D eigenvalue weighted by Gasteiger charge is -2.13. The van der Waals surface area contributed by atoms with Gasteiger partial charge in [0.05, 0.1) is 7.11 Å². The third-order valence-corrected chi connectivity index (χ3v) is 4.24. The summed E-state index contributed by atoms with van der Waals surface area (Å²) >= 11 is 0. The first kappa shape index (κ1) is 19.9. The fourth-order valence-electron chi connectivity index (χ4n) is 2.80. The number of rotatable bonds is 6. The van der Waals surface area contributed by atoms with E-state index in [0.29, 0.717) is 22.6 Å². The average molecular weight is 386 g/mol. The number of aryl methyl sites for hydroxylation is 1. The summed E-state index contributed by atoms with van der Waals surface area (Å²) in [4.78, 5) is 25.6. The van der Waals surface area contributed by atoms with Crippen molar-refractivity contribution in [3.63, 3.8) is 0 Å². The van der Waals surface area contributed by atoms with Gasteiger partial charge in [0.15, 0.2) is 0 Å². The number of para-hydroxylation sites is 1. The Morgan fingerprint density at radius 1 is 0.897 bits per heavy atom. The largest absolute Gasteiger partial charge is 0.496 e. The van der Waals surface area contributed by atoms with Crippen molar-refractivity contribution in [3.05, 3.63) is 101 Å². The predicted molar refractivity (Wildman–Crippen MR) is 115 cm³/mol. The van der Waals surface area contributed by atoms with E-state index in [0.717, 1.165) is 5.56 Å². The molecule has 29 heavy (non-hydrogen) atoms. The molecule has 0 radical (unpaired) electrons. The Morgan fingerprint density at radius 3 is 2.34 bits per heavy atom. The van der Waals surface area contributed by atoms with Gasteiger partial charge in [0.2, 0.25) is 0 Å². The number of anilines is 1. The fraction of sp³-hybridized carbons (Fsp3) is 0.0833. The topological polar surface area (TPSA) is 67.4 Å². The van der Waals surface area contributed by atoms with Crippen molar-refractivity contribution in [3.8, 4) is 5.75 Å². The summed E-state index contributed by atoms with van der Waals surface area (Å²) in [5, 5.41) is 5.56. The number of carbonyl (C=O) groups excluding carboxylic acids is 2. The van der Waals surface area contributed by atoms with Crippen molar-refractivity contribution in [1.29, 1.82) is 0 Å². The summed E-state index contributed by atoms with van der Waals surface area (Å²) in [6.07, 6.45) is 1.60. The molecule has 0 heterocycles. The van der Waals surface area contributed by atoms with Crippen molar-refractivity contribution in [2.75, 3.05) is 12.4 Å². The molecule has 3 aromatic rings. The standard InChI is InChI=1S/C24H22N2O3/c1-17-9-8-13-20(15-17)25-24(28)21(16-19-12-6-7-14-22(19)29-2)26-23(27)18-10-4-3-5-11-18/h3-16H,1-2H3,(H,25,28)(H,26,27). The zero-order valence-electron chi connectivity index (χ0n) is 16.3. The Morgan fingerprint density at radius 2 is 1.62 bits per heavy atom. The van der Waals surface area contributed by atoms with E-state index in [4.69, 9.17) is 4.74 Å². The Bertz CT molecular complexity index is 1040. The van der Waals surface area contributed by atoms with E-state index >= 15 is 0 Å². The van der Waals surface area contributed by atoms with E-state index in [2.05, 4.69) is 10.6 Å². The van der Waals surface area contributed by atoms with Gasteiger partial charge in [-0.15, -0.1) is 0 Å². The van der Waals surface area contributed by atoms with E-state index in [1.807, 2.05) is 49.4 Å². The van der Waals surface area contributed by atoms with Gasteiger partial charge in [-0.25, -0.2) is 0 Å². The van der Waals surface area contributed by atoms with Gasteiger partial charge in [-0.2, -0.15) is 0 Å². The monoisotopic (exact) mass is 386 g/mol. The van der Waals surface area contributed by atoms with Gasteiger partial charge < -0.3 is 15.4 Å². The molecule has 3 rings (SSSR count). The minimum Gasteiger partial charge on any atom is -0.496 e. The zero-order chi connectivity index (χ0) is 20.6. The van der Waals surface area contributed by atoms with Crippen molar-refractivity contribution in [2.45, 2.75) is 6.92 Å². The number of amides is 2. The molecule has 5 nitrogen and oxygen atoms in total. The molecule has 2 N–H and O–H groups in total. The van der Waals surface area contributed by atoms with Gasteiger partial charge in [-0.3, -0.25) is 9.59 Å². The van der Waals surface area contributed by atoms with Gasteiger partial charge in [0, 0.05) is 16.8 Å². The van der Waals surface area contributed by atoms with Crippen LogP contribution in [0.2, 0.25) is 0 Å². The predicted octanol–water partition coefficient (Wildman–Crippen LogP) is 4.41. The first-order valence-electron chi connectivity index (χ1n) is 9.16. The summed E-state index contributed by atoms with van der Waals surface area (Å²) in [6, 6.07) is 23.5. The molecule has 5 heteroatoms. The number of carbonyl (C=O) groups is 2. The average Bonchev–Trinajstić information content (AvgIpc) is 2.74. The first-order valence-corrected chi connectivity index (χ1v) is 9.16. The van der Waals surface area contributed by atoms with E-state index in [9.17, 15) is 9.59 Å². The van der Waals surface area contributed by atoms with E-state index in [-0.39, 0.29) is 11.6 Å². The second kappa shape index (κ2) is 9.37. The Kier molecular flexibility index (Phi) is 6.43. The van der Waals surface area contributed by atoms with Crippen molar-refractivity contribution < 1.29 is 14.3 Å². The Hall–Kier alpha value is -3.86. The van der Waals surface area contributed by atoms with Crippen LogP contribution in [0.4, 0.5) is 5.69 Å². The second-order valence-electron chi connectivity index (χ2n) is 6.44. The van der Waals surface area contributed by atoms with Crippen LogP contribution in [0.25, 0.3) is 6.08 Å². The summed E-state index contributed by atoms with van der Waals surface area (Å²) in [5.41, 5.74) is 2.92. The van der Waals surface area contributed by atoms with Crippen LogP contribution in [0.15, 0.2) is 84.6 Å². The van der Waals surface area contributed by atoms with Crippen LogP contribution in [0, 0.1) is 6.92 Å². The number of ether oxygens (including phenoxy) is 1. The number of nitrogens with one attached hydrogen (secondary N) is 2. The summed E-state index contributed by atoms with van der Waals surface area (Å²) < 4.78 is 5.36. The van der Waals surface area contributed by atoms with Gasteiger partial charge in [0.1, 0.15) is 11.4 Å². The third-order valence-electron chi connectivity index (χ3n) is 4.24. The molecule has 0 aromatic heterocycles. The molecule has 0 bridgehead atoms. The van der Waals surface area contributed by atoms with Gasteiger partial charge >= 0.3 is 0 Å². The molecule has 0 saturated carbocycles. The van der Waals surface area contributed by atoms with Crippen LogP contribution >= 0.6 is 0 Å². The fourth-order valence-corrected chi connectivity index (χ4v) is 2.80. The summed E-state index contributed by atoms with van der Waals surface area (Å²) in [5.74, 6) is -0.195. The molecule has 0 spiro atoms. The smallest absolute Gasteiger partial charge is 0.272 e. The van der Waals surface area contributed by atoms with Crippen LogP contribution < -0.4 is 15.4 Å². The van der Waals surface area contributed by atoms with Gasteiger partial charge in [-0.1, -0.05) is 48.5 Å². The Labute approximate surface area is 170 Å². The summed E-state index contributed by atoms with van der Waals surface area (Å²) in [6.45, 7) is 1.94. The van der Waals surface area contributed by atoms with Crippen LogP contribution in [0.3, 0.4) is 0 Å². The lowest BCUT2D eigenvalue weighted by Crippen LogP contribution is -2.30. The van der Waals surface area contributed by atoms with Crippen LogP contribution in [0.5, 0.6) is 5.75 Å². The normalized spacial score (nSPS) is 10.9. The number of hydrogen-bond donors (Lipinski definition) is 2. The van der Waals surface area contributed by atoms with Crippen LogP contribution in [0.1, 0.15) is 21.5 Å². The van der Waals surface area contributed by atoms with E-state index in [1.54, 1.807) is 49.6 Å². The molecular formula is C24H22N2O3. The second-order valence-corrected chi connectivity index (χ2v) is 6.44. The quantitative estimate of drug-likeness (QED) is 0.617. The molecule has 3 aromatic carbocycles. The maximum absolute atomic E-state index is 13.0. The molecule has 0 aliphatic heterocycles. The Balaban J connectivity index is 1.93. The maximum Gasteiger partial charge on any atom is 0.272 e. The molecule has 0 unspecified atom stereocenters. The van der Waals surface area contributed by atoms with Crippen molar-refractivity contribution in [1.82, 2.24) is 5.32 Å². The molecule has 146 valence electrons. The minimum absolute atomic E-state index is 0.116. The lowest BCUT2D eigenvalue weighted by molar-refractivity contribution is -0.113. The number of benzene rings is 3. The van der Waals surface area contributed by atoms with E-state index in [1.165, 1.54) is 0 Å². The molecule has 2 amide bonds. The minimum atomic E-state index is -0.425. The lowest BCUT2D eigenvalue weighted by atomic mass is 10.1. The van der Waals surface area contributed by atoms with Crippen LogP contribution in [-0.2, 0) is 4.79 Å². The van der Waals surface area contributed by atoms with Crippen molar-refractivity contribution >= 4 is 23.6 Å². The highest BCUT2D eigenvalue weighted by Gasteiger charge is 2.16. The molecule has 0 aliphatic carbocycles.